The minimum atomic E-state index is -0.833. The molecule has 0 aliphatic rings. The van der Waals surface area contributed by atoms with Gasteiger partial charge in [-0.15, -0.1) is 0 Å². The molecule has 0 aromatic heterocycles. The number of rotatable bonds is 6. The summed E-state index contributed by atoms with van der Waals surface area (Å²) in [6.07, 6.45) is 0. The Bertz CT molecular complexity index is 711. The van der Waals surface area contributed by atoms with E-state index in [-0.39, 0.29) is 0 Å². The van der Waals surface area contributed by atoms with Crippen molar-refractivity contribution in [2.24, 2.45) is 5.73 Å². The predicted molar refractivity (Wildman–Crippen MR) is 98.0 cm³/mol. The zero-order valence-corrected chi connectivity index (χ0v) is 15.0. The lowest BCUT2D eigenvalue weighted by Crippen LogP contribution is -3.09. The highest BCUT2D eigenvalue weighted by Gasteiger charge is 2.29. The van der Waals surface area contributed by atoms with Crippen molar-refractivity contribution in [2.45, 2.75) is 32.4 Å². The Morgan fingerprint density at radius 1 is 1.00 bits per heavy atom. The van der Waals surface area contributed by atoms with Crippen molar-refractivity contribution in [1.82, 2.24) is 5.32 Å². The molecule has 0 fully saturated rings. The fourth-order valence-corrected chi connectivity index (χ4v) is 2.94. The van der Waals surface area contributed by atoms with Crippen LogP contribution in [-0.2, 0) is 11.3 Å². The van der Waals surface area contributed by atoms with Gasteiger partial charge in [0.15, 0.2) is 6.04 Å². The second kappa shape index (κ2) is 8.44. The molecule has 0 saturated heterocycles. The van der Waals surface area contributed by atoms with E-state index in [9.17, 15) is 9.59 Å². The number of urea groups is 1. The van der Waals surface area contributed by atoms with Crippen molar-refractivity contribution in [1.29, 1.82) is 0 Å². The summed E-state index contributed by atoms with van der Waals surface area (Å²) in [4.78, 5) is 24.6. The van der Waals surface area contributed by atoms with E-state index in [4.69, 9.17) is 5.73 Å². The Balaban J connectivity index is 2.21. The fourth-order valence-electron chi connectivity index (χ4n) is 2.94. The number of likely N-dealkylation sites (N-methyl/N-ethyl adjacent to an activating group) is 1. The number of nitrogens with two attached hydrogens (primary N) is 1. The topological polar surface area (TPSA) is 76.6 Å². The number of quaternary nitrogens is 1. The van der Waals surface area contributed by atoms with Crippen LogP contribution in [0, 0.1) is 0 Å². The van der Waals surface area contributed by atoms with Gasteiger partial charge in [-0.1, -0.05) is 68.4 Å². The van der Waals surface area contributed by atoms with E-state index in [1.807, 2.05) is 37.4 Å². The molecule has 2 atom stereocenters. The number of hydrogen-bond acceptors (Lipinski definition) is 2. The summed E-state index contributed by atoms with van der Waals surface area (Å²) in [6.45, 7) is 4.97. The van der Waals surface area contributed by atoms with Gasteiger partial charge in [-0.25, -0.2) is 4.79 Å². The molecular formula is C20H26N3O2+. The van der Waals surface area contributed by atoms with Crippen LogP contribution in [0.3, 0.4) is 0 Å². The average Bonchev–Trinajstić information content (AvgIpc) is 2.55. The molecule has 0 saturated carbocycles. The van der Waals surface area contributed by atoms with Gasteiger partial charge in [-0.05, 0) is 11.5 Å². The minimum Gasteiger partial charge on any atom is -0.351 e. The molecule has 25 heavy (non-hydrogen) atoms. The Kier molecular flexibility index (Phi) is 6.31. The van der Waals surface area contributed by atoms with Crippen LogP contribution < -0.4 is 16.0 Å². The number of carbonyl (C=O) groups excluding carboxylic acids is 2. The summed E-state index contributed by atoms with van der Waals surface area (Å²) in [5.41, 5.74) is 8.39. The SMILES string of the molecule is CC(C)c1ccc(C[NH+](C)[C@H](C(=O)NC(N)=O)c2ccccc2)cc1. The quantitative estimate of drug-likeness (QED) is 0.749. The zero-order chi connectivity index (χ0) is 18.4. The number of hydrogen-bond donors (Lipinski definition) is 3. The smallest absolute Gasteiger partial charge is 0.319 e. The van der Waals surface area contributed by atoms with Crippen LogP contribution >= 0.6 is 0 Å². The van der Waals surface area contributed by atoms with Crippen molar-refractivity contribution in [2.75, 3.05) is 7.05 Å². The molecule has 5 nitrogen and oxygen atoms in total. The van der Waals surface area contributed by atoms with Crippen molar-refractivity contribution in [3.05, 3.63) is 71.3 Å². The standard InChI is InChI=1S/C20H25N3O2/c1-14(2)16-11-9-15(10-12-16)13-23(3)18(19(24)22-20(21)25)17-7-5-4-6-8-17/h4-12,14,18H,13H2,1-3H3,(H3,21,22,24,25)/p+1/t18-/m0/s1. The van der Waals surface area contributed by atoms with E-state index in [1.165, 1.54) is 5.56 Å². The molecule has 5 heteroatoms. The second-order valence-corrected chi connectivity index (χ2v) is 6.62. The molecule has 0 bridgehead atoms. The highest BCUT2D eigenvalue weighted by atomic mass is 16.2. The number of amides is 3. The van der Waals surface area contributed by atoms with Gasteiger partial charge in [0.25, 0.3) is 5.91 Å². The van der Waals surface area contributed by atoms with Crippen LogP contribution in [0.2, 0.25) is 0 Å². The van der Waals surface area contributed by atoms with Crippen molar-refractivity contribution in [3.8, 4) is 0 Å². The molecule has 2 rings (SSSR count). The van der Waals surface area contributed by atoms with Crippen LogP contribution in [0.1, 0.15) is 42.5 Å². The third kappa shape index (κ3) is 5.16. The minimum absolute atomic E-state index is 0.394. The normalized spacial score (nSPS) is 13.3. The lowest BCUT2D eigenvalue weighted by atomic mass is 10.0. The third-order valence-corrected chi connectivity index (χ3v) is 4.26. The fraction of sp³-hybridized carbons (Fsp3) is 0.300. The van der Waals surface area contributed by atoms with E-state index in [0.717, 1.165) is 16.0 Å². The maximum absolute atomic E-state index is 12.5. The molecule has 0 radical (unpaired) electrons. The van der Waals surface area contributed by atoms with Crippen molar-refractivity contribution in [3.63, 3.8) is 0 Å². The summed E-state index contributed by atoms with van der Waals surface area (Å²) >= 11 is 0. The molecule has 2 aromatic rings. The Morgan fingerprint density at radius 3 is 2.12 bits per heavy atom. The molecule has 0 aliphatic heterocycles. The van der Waals surface area contributed by atoms with Gasteiger partial charge in [-0.3, -0.25) is 10.1 Å². The van der Waals surface area contributed by atoms with Crippen molar-refractivity contribution < 1.29 is 14.5 Å². The van der Waals surface area contributed by atoms with E-state index in [1.54, 1.807) is 0 Å². The Labute approximate surface area is 148 Å². The van der Waals surface area contributed by atoms with E-state index < -0.39 is 18.0 Å². The molecule has 0 heterocycles. The maximum Gasteiger partial charge on any atom is 0.319 e. The van der Waals surface area contributed by atoms with Gasteiger partial charge in [-0.2, -0.15) is 0 Å². The van der Waals surface area contributed by atoms with Crippen LogP contribution in [0.25, 0.3) is 0 Å². The Hall–Kier alpha value is -2.66. The number of benzene rings is 2. The molecule has 3 amide bonds. The monoisotopic (exact) mass is 340 g/mol. The molecule has 0 aliphatic carbocycles. The maximum atomic E-state index is 12.5. The lowest BCUT2D eigenvalue weighted by molar-refractivity contribution is -0.916. The van der Waals surface area contributed by atoms with E-state index in [0.29, 0.717) is 12.5 Å². The molecule has 1 unspecified atom stereocenters. The van der Waals surface area contributed by atoms with Gasteiger partial charge in [0.1, 0.15) is 6.54 Å². The number of imide groups is 1. The summed E-state index contributed by atoms with van der Waals surface area (Å²) in [7, 11) is 1.94. The van der Waals surface area contributed by atoms with E-state index in [2.05, 4.69) is 43.4 Å². The van der Waals surface area contributed by atoms with Crippen LogP contribution in [-0.4, -0.2) is 19.0 Å². The summed E-state index contributed by atoms with van der Waals surface area (Å²) in [6, 6.07) is 16.5. The number of primary amides is 1. The first-order chi connectivity index (χ1) is 11.9. The zero-order valence-electron chi connectivity index (χ0n) is 15.0. The second-order valence-electron chi connectivity index (χ2n) is 6.62. The Morgan fingerprint density at radius 2 is 1.60 bits per heavy atom. The highest BCUT2D eigenvalue weighted by Crippen LogP contribution is 2.15. The van der Waals surface area contributed by atoms with Crippen molar-refractivity contribution >= 4 is 11.9 Å². The molecule has 2 aromatic carbocycles. The molecule has 0 spiro atoms. The third-order valence-electron chi connectivity index (χ3n) is 4.26. The molecule has 4 N–H and O–H groups in total. The molecular weight excluding hydrogens is 314 g/mol. The first kappa shape index (κ1) is 18.7. The largest absolute Gasteiger partial charge is 0.351 e. The van der Waals surface area contributed by atoms with Gasteiger partial charge < -0.3 is 10.6 Å². The highest BCUT2D eigenvalue weighted by molar-refractivity contribution is 5.96. The molecule has 132 valence electrons. The van der Waals surface area contributed by atoms with Crippen LogP contribution in [0.4, 0.5) is 4.79 Å². The number of carbonyl (C=O) groups is 2. The lowest BCUT2D eigenvalue weighted by Gasteiger charge is -2.24. The first-order valence-corrected chi connectivity index (χ1v) is 8.45. The van der Waals surface area contributed by atoms with Crippen LogP contribution in [0.5, 0.6) is 0 Å². The average molecular weight is 340 g/mol. The summed E-state index contributed by atoms with van der Waals surface area (Å²) in [5, 5.41) is 2.21. The summed E-state index contributed by atoms with van der Waals surface area (Å²) < 4.78 is 0. The van der Waals surface area contributed by atoms with Gasteiger partial charge >= 0.3 is 6.03 Å². The number of nitrogens with one attached hydrogen (secondary N) is 2. The first-order valence-electron chi connectivity index (χ1n) is 8.45. The van der Waals surface area contributed by atoms with Crippen LogP contribution in [0.15, 0.2) is 54.6 Å². The van der Waals surface area contributed by atoms with Gasteiger partial charge in [0.05, 0.1) is 7.05 Å². The van der Waals surface area contributed by atoms with Gasteiger partial charge in [0.2, 0.25) is 0 Å². The van der Waals surface area contributed by atoms with Gasteiger partial charge in [0, 0.05) is 11.1 Å². The summed E-state index contributed by atoms with van der Waals surface area (Å²) in [5.74, 6) is 0.0903. The van der Waals surface area contributed by atoms with E-state index >= 15 is 0 Å². The predicted octanol–water partition coefficient (Wildman–Crippen LogP) is 1.76.